The zero-order valence-electron chi connectivity index (χ0n) is 11.1. The maximum absolute atomic E-state index is 9.71. The number of hydrogen-bond acceptors (Lipinski definition) is 3. The molecule has 0 aliphatic rings. The highest BCUT2D eigenvalue weighted by atomic mass is 16.5. The summed E-state index contributed by atoms with van der Waals surface area (Å²) in [6, 6.07) is 5.66. The molecule has 0 radical (unpaired) electrons. The van der Waals surface area contributed by atoms with Crippen LogP contribution >= 0.6 is 0 Å². The largest absolute Gasteiger partial charge is 0.488 e. The number of ether oxygens (including phenoxy) is 1. The molecule has 0 aliphatic heterocycles. The van der Waals surface area contributed by atoms with Crippen LogP contribution in [0, 0.1) is 13.8 Å². The molecule has 1 rings (SSSR count). The Labute approximate surface area is 104 Å². The van der Waals surface area contributed by atoms with Crippen LogP contribution in [-0.2, 0) is 0 Å². The van der Waals surface area contributed by atoms with Gasteiger partial charge in [0.2, 0.25) is 0 Å². The van der Waals surface area contributed by atoms with E-state index >= 15 is 0 Å². The van der Waals surface area contributed by atoms with Crippen molar-refractivity contribution in [2.45, 2.75) is 52.4 Å². The number of hydrogen-bond donors (Lipinski definition) is 2. The number of para-hydroxylation sites is 1. The normalized spacial score (nSPS) is 16.4. The van der Waals surface area contributed by atoms with Gasteiger partial charge in [0.05, 0.1) is 12.1 Å². The molecular weight excluding hydrogens is 214 g/mol. The lowest BCUT2D eigenvalue weighted by molar-refractivity contribution is 0.0745. The van der Waals surface area contributed by atoms with Gasteiger partial charge in [-0.1, -0.05) is 25.1 Å². The zero-order valence-corrected chi connectivity index (χ0v) is 11.1. The molecule has 3 unspecified atom stereocenters. The molecular formula is C14H23NO2. The summed E-state index contributed by atoms with van der Waals surface area (Å²) < 4.78 is 5.88. The van der Waals surface area contributed by atoms with Crippen LogP contribution in [-0.4, -0.2) is 23.4 Å². The molecule has 96 valence electrons. The molecule has 0 fully saturated rings. The van der Waals surface area contributed by atoms with Crippen LogP contribution in [0.5, 0.6) is 5.75 Å². The Morgan fingerprint density at radius 1 is 1.29 bits per heavy atom. The SMILES string of the molecule is CCC(O)C(N)C(C)Oc1c(C)cccc1C. The average molecular weight is 237 g/mol. The van der Waals surface area contributed by atoms with Gasteiger partial charge in [-0.15, -0.1) is 0 Å². The van der Waals surface area contributed by atoms with Gasteiger partial charge in [-0.3, -0.25) is 0 Å². The summed E-state index contributed by atoms with van der Waals surface area (Å²) in [5.41, 5.74) is 8.13. The highest BCUT2D eigenvalue weighted by molar-refractivity contribution is 5.39. The van der Waals surface area contributed by atoms with Crippen molar-refractivity contribution in [3.63, 3.8) is 0 Å². The predicted molar refractivity (Wildman–Crippen MR) is 70.3 cm³/mol. The Balaban J connectivity index is 2.77. The summed E-state index contributed by atoms with van der Waals surface area (Å²) >= 11 is 0. The minimum Gasteiger partial charge on any atom is -0.488 e. The third-order valence-electron chi connectivity index (χ3n) is 3.12. The van der Waals surface area contributed by atoms with Crippen LogP contribution < -0.4 is 10.5 Å². The summed E-state index contributed by atoms with van der Waals surface area (Å²) in [6.45, 7) is 7.83. The molecule has 1 aromatic carbocycles. The van der Waals surface area contributed by atoms with E-state index in [2.05, 4.69) is 0 Å². The summed E-state index contributed by atoms with van der Waals surface area (Å²) in [5, 5.41) is 9.71. The Morgan fingerprint density at radius 3 is 2.29 bits per heavy atom. The average Bonchev–Trinajstić information content (AvgIpc) is 2.31. The Kier molecular flexibility index (Phi) is 4.97. The molecule has 3 nitrogen and oxygen atoms in total. The van der Waals surface area contributed by atoms with E-state index in [1.54, 1.807) is 0 Å². The van der Waals surface area contributed by atoms with Crippen molar-refractivity contribution < 1.29 is 9.84 Å². The molecule has 0 amide bonds. The van der Waals surface area contributed by atoms with Crippen molar-refractivity contribution in [2.75, 3.05) is 0 Å². The van der Waals surface area contributed by atoms with E-state index in [0.29, 0.717) is 6.42 Å². The van der Waals surface area contributed by atoms with Crippen molar-refractivity contribution in [1.82, 2.24) is 0 Å². The van der Waals surface area contributed by atoms with E-state index in [-0.39, 0.29) is 12.1 Å². The molecule has 3 heteroatoms. The lowest BCUT2D eigenvalue weighted by atomic mass is 10.0. The fourth-order valence-corrected chi connectivity index (χ4v) is 1.83. The molecule has 0 spiro atoms. The molecule has 1 aromatic rings. The summed E-state index contributed by atoms with van der Waals surface area (Å²) in [4.78, 5) is 0. The summed E-state index contributed by atoms with van der Waals surface area (Å²) in [7, 11) is 0. The molecule has 0 aliphatic carbocycles. The predicted octanol–water partition coefficient (Wildman–Crippen LogP) is 2.17. The number of nitrogens with two attached hydrogens (primary N) is 1. The van der Waals surface area contributed by atoms with Crippen LogP contribution in [0.3, 0.4) is 0 Å². The van der Waals surface area contributed by atoms with Gasteiger partial charge < -0.3 is 15.6 Å². The Hall–Kier alpha value is -1.06. The number of benzene rings is 1. The van der Waals surface area contributed by atoms with E-state index in [1.807, 2.05) is 45.9 Å². The lowest BCUT2D eigenvalue weighted by Gasteiger charge is -2.26. The van der Waals surface area contributed by atoms with Crippen LogP contribution in [0.25, 0.3) is 0 Å². The molecule has 0 saturated heterocycles. The van der Waals surface area contributed by atoms with Gasteiger partial charge in [-0.05, 0) is 38.3 Å². The molecule has 3 atom stereocenters. The molecule has 0 saturated carbocycles. The van der Waals surface area contributed by atoms with Crippen LogP contribution in [0.4, 0.5) is 0 Å². The third kappa shape index (κ3) is 3.45. The second kappa shape index (κ2) is 6.03. The number of rotatable bonds is 5. The standard InChI is InChI=1S/C14H23NO2/c1-5-12(16)13(15)11(4)17-14-9(2)7-6-8-10(14)3/h6-8,11-13,16H,5,15H2,1-4H3. The highest BCUT2D eigenvalue weighted by Gasteiger charge is 2.22. The smallest absolute Gasteiger partial charge is 0.125 e. The fourth-order valence-electron chi connectivity index (χ4n) is 1.83. The minimum absolute atomic E-state index is 0.204. The topological polar surface area (TPSA) is 55.5 Å². The first-order valence-electron chi connectivity index (χ1n) is 6.13. The van der Waals surface area contributed by atoms with Crippen molar-refractivity contribution in [3.8, 4) is 5.75 Å². The van der Waals surface area contributed by atoms with Crippen LogP contribution in [0.15, 0.2) is 18.2 Å². The molecule has 17 heavy (non-hydrogen) atoms. The Bertz CT molecular complexity index is 345. The molecule has 0 bridgehead atoms. The summed E-state index contributed by atoms with van der Waals surface area (Å²) in [5.74, 6) is 0.874. The van der Waals surface area contributed by atoms with Crippen molar-refractivity contribution in [2.24, 2.45) is 5.73 Å². The number of aryl methyl sites for hydroxylation is 2. The molecule has 0 aromatic heterocycles. The van der Waals surface area contributed by atoms with Crippen molar-refractivity contribution in [3.05, 3.63) is 29.3 Å². The zero-order chi connectivity index (χ0) is 13.0. The monoisotopic (exact) mass is 237 g/mol. The lowest BCUT2D eigenvalue weighted by Crippen LogP contribution is -2.45. The second-order valence-corrected chi connectivity index (χ2v) is 4.60. The van der Waals surface area contributed by atoms with E-state index in [4.69, 9.17) is 10.5 Å². The van der Waals surface area contributed by atoms with Gasteiger partial charge in [0.15, 0.2) is 0 Å². The van der Waals surface area contributed by atoms with E-state index in [9.17, 15) is 5.11 Å². The maximum atomic E-state index is 9.71. The van der Waals surface area contributed by atoms with Crippen LogP contribution in [0.2, 0.25) is 0 Å². The van der Waals surface area contributed by atoms with E-state index in [1.165, 1.54) is 0 Å². The Morgan fingerprint density at radius 2 is 1.82 bits per heavy atom. The van der Waals surface area contributed by atoms with Crippen molar-refractivity contribution in [1.29, 1.82) is 0 Å². The first kappa shape index (κ1) is 14.0. The van der Waals surface area contributed by atoms with Gasteiger partial charge in [-0.2, -0.15) is 0 Å². The van der Waals surface area contributed by atoms with Gasteiger partial charge in [0, 0.05) is 0 Å². The van der Waals surface area contributed by atoms with Gasteiger partial charge >= 0.3 is 0 Å². The first-order chi connectivity index (χ1) is 7.97. The quantitative estimate of drug-likeness (QED) is 0.825. The minimum atomic E-state index is -0.519. The van der Waals surface area contributed by atoms with E-state index in [0.717, 1.165) is 16.9 Å². The van der Waals surface area contributed by atoms with E-state index < -0.39 is 6.10 Å². The van der Waals surface area contributed by atoms with Gasteiger partial charge in [0.1, 0.15) is 11.9 Å². The first-order valence-corrected chi connectivity index (χ1v) is 6.13. The molecule has 0 heterocycles. The van der Waals surface area contributed by atoms with Gasteiger partial charge in [-0.25, -0.2) is 0 Å². The number of aliphatic hydroxyl groups excluding tert-OH is 1. The summed E-state index contributed by atoms with van der Waals surface area (Å²) in [6.07, 6.45) is -0.0826. The molecule has 3 N–H and O–H groups in total. The fraction of sp³-hybridized carbons (Fsp3) is 0.571. The van der Waals surface area contributed by atoms with Crippen molar-refractivity contribution >= 4 is 0 Å². The highest BCUT2D eigenvalue weighted by Crippen LogP contribution is 2.24. The van der Waals surface area contributed by atoms with Gasteiger partial charge in [0.25, 0.3) is 0 Å². The second-order valence-electron chi connectivity index (χ2n) is 4.60. The third-order valence-corrected chi connectivity index (χ3v) is 3.12. The number of aliphatic hydroxyl groups is 1. The maximum Gasteiger partial charge on any atom is 0.125 e. The van der Waals surface area contributed by atoms with Crippen LogP contribution in [0.1, 0.15) is 31.4 Å².